The van der Waals surface area contributed by atoms with Crippen LogP contribution in [0.3, 0.4) is 0 Å². The maximum Gasteiger partial charge on any atom is 0.119 e. The number of aromatic hydroxyl groups is 1. The Morgan fingerprint density at radius 3 is 1.08 bits per heavy atom. The standard InChI is InChI=1S/C48H74O/c1-5-9-13-17-21-28-40-30-25-32-42(45(40)35-23-19-15-11-7-3)38-43-34-27-37-48(49)47(43)39-44-33-26-31-41(29-22-18-14-10-6-2)46(44)36-24-20-16-12-8-4/h25-27,30-34,37,49H,5-24,28-29,35-36,38-39H2,1-4H3. The van der Waals surface area contributed by atoms with Crippen molar-refractivity contribution in [2.45, 2.75) is 195 Å². The molecule has 0 saturated carbocycles. The first-order valence-corrected chi connectivity index (χ1v) is 21.1. The molecule has 0 saturated heterocycles. The minimum Gasteiger partial charge on any atom is -0.508 e. The van der Waals surface area contributed by atoms with Gasteiger partial charge in [-0.3, -0.25) is 0 Å². The fourth-order valence-electron chi connectivity index (χ4n) is 7.85. The molecular formula is C48H74O. The Kier molecular flexibility index (Phi) is 21.2. The number of aryl methyl sites for hydroxylation is 2. The van der Waals surface area contributed by atoms with Crippen molar-refractivity contribution in [1.29, 1.82) is 0 Å². The minimum absolute atomic E-state index is 0.463. The third-order valence-electron chi connectivity index (χ3n) is 10.9. The summed E-state index contributed by atoms with van der Waals surface area (Å²) < 4.78 is 0. The van der Waals surface area contributed by atoms with E-state index in [2.05, 4.69) is 76.2 Å². The van der Waals surface area contributed by atoms with Gasteiger partial charge in [0.05, 0.1) is 0 Å². The van der Waals surface area contributed by atoms with Crippen LogP contribution in [0.25, 0.3) is 0 Å². The Hall–Kier alpha value is -2.54. The fraction of sp³-hybridized carbons (Fsp3) is 0.625. The molecule has 3 aromatic carbocycles. The quantitative estimate of drug-likeness (QED) is 0.0765. The van der Waals surface area contributed by atoms with Gasteiger partial charge in [0.1, 0.15) is 5.75 Å². The van der Waals surface area contributed by atoms with Crippen molar-refractivity contribution in [3.05, 3.63) is 99.1 Å². The van der Waals surface area contributed by atoms with E-state index in [1.807, 2.05) is 6.07 Å². The van der Waals surface area contributed by atoms with Gasteiger partial charge in [-0.1, -0.05) is 179 Å². The molecule has 0 aliphatic rings. The van der Waals surface area contributed by atoms with Crippen LogP contribution in [-0.2, 0) is 38.5 Å². The molecule has 0 radical (unpaired) electrons. The number of hydrogen-bond acceptors (Lipinski definition) is 1. The highest BCUT2D eigenvalue weighted by atomic mass is 16.3. The lowest BCUT2D eigenvalue weighted by atomic mass is 9.86. The fourth-order valence-corrected chi connectivity index (χ4v) is 7.85. The number of rotatable bonds is 28. The second kappa shape index (κ2) is 25.4. The van der Waals surface area contributed by atoms with Gasteiger partial charge in [0, 0.05) is 12.0 Å². The molecule has 0 bridgehead atoms. The summed E-state index contributed by atoms with van der Waals surface area (Å²) in [5.74, 6) is 0.463. The van der Waals surface area contributed by atoms with E-state index >= 15 is 0 Å². The summed E-state index contributed by atoms with van der Waals surface area (Å²) in [6.45, 7) is 9.21. The van der Waals surface area contributed by atoms with Crippen LogP contribution in [-0.4, -0.2) is 5.11 Å². The zero-order chi connectivity index (χ0) is 34.9. The molecular weight excluding hydrogens is 593 g/mol. The Morgan fingerprint density at radius 2 is 0.653 bits per heavy atom. The van der Waals surface area contributed by atoms with E-state index in [4.69, 9.17) is 0 Å². The van der Waals surface area contributed by atoms with Crippen LogP contribution in [0.2, 0.25) is 0 Å². The first-order chi connectivity index (χ1) is 24.1. The lowest BCUT2D eigenvalue weighted by Gasteiger charge is -2.20. The highest BCUT2D eigenvalue weighted by Crippen LogP contribution is 2.32. The van der Waals surface area contributed by atoms with E-state index in [9.17, 15) is 5.11 Å². The van der Waals surface area contributed by atoms with Gasteiger partial charge >= 0.3 is 0 Å². The van der Waals surface area contributed by atoms with Crippen LogP contribution in [0.4, 0.5) is 0 Å². The molecule has 0 amide bonds. The third kappa shape index (κ3) is 15.1. The largest absolute Gasteiger partial charge is 0.508 e. The van der Waals surface area contributed by atoms with Gasteiger partial charge in [0.2, 0.25) is 0 Å². The number of phenolic OH excluding ortho intramolecular Hbond substituents is 1. The Morgan fingerprint density at radius 1 is 0.327 bits per heavy atom. The van der Waals surface area contributed by atoms with Crippen LogP contribution in [0, 0.1) is 0 Å². The molecule has 0 atom stereocenters. The second-order valence-corrected chi connectivity index (χ2v) is 15.0. The van der Waals surface area contributed by atoms with Gasteiger partial charge in [0.25, 0.3) is 0 Å². The van der Waals surface area contributed by atoms with Gasteiger partial charge in [-0.25, -0.2) is 0 Å². The molecule has 0 aliphatic carbocycles. The first-order valence-electron chi connectivity index (χ1n) is 21.1. The number of phenols is 1. The minimum atomic E-state index is 0.463. The molecule has 3 rings (SSSR count). The van der Waals surface area contributed by atoms with Crippen LogP contribution in [0.5, 0.6) is 5.75 Å². The highest BCUT2D eigenvalue weighted by Gasteiger charge is 2.17. The normalized spacial score (nSPS) is 11.4. The molecule has 0 aromatic heterocycles. The van der Waals surface area contributed by atoms with Crippen molar-refractivity contribution in [3.8, 4) is 5.75 Å². The maximum atomic E-state index is 11.4. The first kappa shape index (κ1) is 40.9. The van der Waals surface area contributed by atoms with Crippen molar-refractivity contribution < 1.29 is 5.11 Å². The number of hydrogen-bond donors (Lipinski definition) is 1. The summed E-state index contributed by atoms with van der Waals surface area (Å²) in [6.07, 6.45) is 32.8. The molecule has 3 aromatic rings. The summed E-state index contributed by atoms with van der Waals surface area (Å²) in [7, 11) is 0. The van der Waals surface area contributed by atoms with Crippen LogP contribution in [0.15, 0.2) is 54.6 Å². The average Bonchev–Trinajstić information content (AvgIpc) is 3.11. The molecule has 0 fully saturated rings. The van der Waals surface area contributed by atoms with E-state index in [1.54, 1.807) is 22.3 Å². The molecule has 272 valence electrons. The van der Waals surface area contributed by atoms with Gasteiger partial charge in [-0.05, 0) is 103 Å². The number of unbranched alkanes of at least 4 members (excludes halogenated alkanes) is 16. The third-order valence-corrected chi connectivity index (χ3v) is 10.9. The summed E-state index contributed by atoms with van der Waals surface area (Å²) in [5, 5.41) is 11.4. The average molecular weight is 667 g/mol. The summed E-state index contributed by atoms with van der Waals surface area (Å²) >= 11 is 0. The Labute approximate surface area is 303 Å². The van der Waals surface area contributed by atoms with Crippen LogP contribution < -0.4 is 0 Å². The molecule has 1 nitrogen and oxygen atoms in total. The van der Waals surface area contributed by atoms with Crippen molar-refractivity contribution in [2.75, 3.05) is 0 Å². The van der Waals surface area contributed by atoms with Crippen molar-refractivity contribution >= 4 is 0 Å². The van der Waals surface area contributed by atoms with E-state index in [1.165, 1.54) is 164 Å². The predicted octanol–water partition coefficient (Wildman–Crippen LogP) is 14.6. The smallest absolute Gasteiger partial charge is 0.119 e. The molecule has 0 heterocycles. The predicted molar refractivity (Wildman–Crippen MR) is 216 cm³/mol. The van der Waals surface area contributed by atoms with Gasteiger partial charge in [0.15, 0.2) is 0 Å². The Balaban J connectivity index is 1.89. The van der Waals surface area contributed by atoms with Crippen molar-refractivity contribution in [3.63, 3.8) is 0 Å². The van der Waals surface area contributed by atoms with E-state index < -0.39 is 0 Å². The van der Waals surface area contributed by atoms with E-state index in [0.717, 1.165) is 24.8 Å². The van der Waals surface area contributed by atoms with Gasteiger partial charge < -0.3 is 5.11 Å². The van der Waals surface area contributed by atoms with Crippen molar-refractivity contribution in [2.24, 2.45) is 0 Å². The van der Waals surface area contributed by atoms with Gasteiger partial charge in [-0.2, -0.15) is 0 Å². The molecule has 0 unspecified atom stereocenters. The highest BCUT2D eigenvalue weighted by molar-refractivity contribution is 5.49. The number of benzene rings is 3. The van der Waals surface area contributed by atoms with Crippen LogP contribution >= 0.6 is 0 Å². The molecule has 1 N–H and O–H groups in total. The second-order valence-electron chi connectivity index (χ2n) is 15.0. The van der Waals surface area contributed by atoms with E-state index in [-0.39, 0.29) is 0 Å². The topological polar surface area (TPSA) is 20.2 Å². The lowest BCUT2D eigenvalue weighted by molar-refractivity contribution is 0.468. The van der Waals surface area contributed by atoms with Crippen LogP contribution in [0.1, 0.15) is 201 Å². The van der Waals surface area contributed by atoms with E-state index in [0.29, 0.717) is 5.75 Å². The molecule has 1 heteroatoms. The van der Waals surface area contributed by atoms with Crippen molar-refractivity contribution in [1.82, 2.24) is 0 Å². The maximum absolute atomic E-state index is 11.4. The molecule has 0 aliphatic heterocycles. The SMILES string of the molecule is CCCCCCCc1cccc(Cc2cccc(O)c2Cc2cccc(CCCCCCC)c2CCCCCCC)c1CCCCCCC. The summed E-state index contributed by atoms with van der Waals surface area (Å²) in [4.78, 5) is 0. The van der Waals surface area contributed by atoms with Gasteiger partial charge in [-0.15, -0.1) is 0 Å². The monoisotopic (exact) mass is 667 g/mol. The summed E-state index contributed by atoms with van der Waals surface area (Å²) in [5.41, 5.74) is 11.6. The molecule has 0 spiro atoms. The zero-order valence-electron chi connectivity index (χ0n) is 32.5. The summed E-state index contributed by atoms with van der Waals surface area (Å²) in [6, 6.07) is 20.4. The molecule has 49 heavy (non-hydrogen) atoms. The Bertz CT molecular complexity index is 1290. The zero-order valence-corrected chi connectivity index (χ0v) is 32.5. The lowest BCUT2D eigenvalue weighted by Crippen LogP contribution is -2.06.